The minimum absolute atomic E-state index is 0.00632. The molecule has 0 unspecified atom stereocenters. The van der Waals surface area contributed by atoms with Crippen LogP contribution in [0, 0.1) is 23.3 Å². The summed E-state index contributed by atoms with van der Waals surface area (Å²) in [6.45, 7) is 0.992. The van der Waals surface area contributed by atoms with E-state index in [1.807, 2.05) is 0 Å². The Kier molecular flexibility index (Phi) is 6.35. The Morgan fingerprint density at radius 1 is 0.759 bits per heavy atom. The van der Waals surface area contributed by atoms with Gasteiger partial charge in [0.05, 0.1) is 0 Å². The second-order valence-electron chi connectivity index (χ2n) is 6.53. The number of hydrogen-bond acceptors (Lipinski definition) is 4. The highest BCUT2D eigenvalue weighted by molar-refractivity contribution is 5.68. The number of hydrogen-bond donors (Lipinski definition) is 2. The van der Waals surface area contributed by atoms with E-state index < -0.39 is 65.3 Å². The predicted molar refractivity (Wildman–Crippen MR) is 91.1 cm³/mol. The minimum Gasteiger partial charge on any atom is -0.479 e. The number of ether oxygens (including phenoxy) is 2. The topological polar surface area (TPSA) is 93.1 Å². The second kappa shape index (κ2) is 8.38. The highest BCUT2D eigenvalue weighted by Gasteiger charge is 2.29. The van der Waals surface area contributed by atoms with Gasteiger partial charge in [-0.05, 0) is 35.4 Å². The van der Waals surface area contributed by atoms with Crippen molar-refractivity contribution in [1.29, 1.82) is 0 Å². The van der Waals surface area contributed by atoms with Gasteiger partial charge in [0.25, 0.3) is 0 Å². The Hall–Kier alpha value is -3.30. The van der Waals surface area contributed by atoms with Crippen molar-refractivity contribution < 1.29 is 46.8 Å². The molecule has 0 fully saturated rings. The van der Waals surface area contributed by atoms with Crippen LogP contribution in [0.4, 0.5) is 17.6 Å². The number of benzene rings is 2. The van der Waals surface area contributed by atoms with Crippen molar-refractivity contribution >= 4 is 11.9 Å². The second-order valence-corrected chi connectivity index (χ2v) is 6.53. The summed E-state index contributed by atoms with van der Waals surface area (Å²) in [5, 5.41) is 17.1. The van der Waals surface area contributed by atoms with Crippen LogP contribution in [0.1, 0.15) is 25.0 Å². The minimum atomic E-state index is -1.43. The van der Waals surface area contributed by atoms with Gasteiger partial charge in [-0.3, -0.25) is 0 Å². The van der Waals surface area contributed by atoms with Gasteiger partial charge in [-0.2, -0.15) is 0 Å². The van der Waals surface area contributed by atoms with E-state index >= 15 is 0 Å². The molecule has 0 bridgehead atoms. The zero-order valence-electron chi connectivity index (χ0n) is 15.3. The number of carbonyl (C=O) groups is 2. The molecule has 0 aromatic heterocycles. The third kappa shape index (κ3) is 4.95. The summed E-state index contributed by atoms with van der Waals surface area (Å²) in [5.41, 5.74) is -1.30. The number of carboxylic acids is 2. The quantitative estimate of drug-likeness (QED) is 0.640. The van der Waals surface area contributed by atoms with E-state index in [9.17, 15) is 27.2 Å². The van der Waals surface area contributed by atoms with E-state index in [0.29, 0.717) is 0 Å². The van der Waals surface area contributed by atoms with Gasteiger partial charge >= 0.3 is 11.9 Å². The maximum atomic E-state index is 14.2. The highest BCUT2D eigenvalue weighted by Crippen LogP contribution is 2.37. The first-order chi connectivity index (χ1) is 13.4. The fourth-order valence-electron chi connectivity index (χ4n) is 2.55. The summed E-state index contributed by atoms with van der Waals surface area (Å²) in [5.74, 6) is -9.36. The lowest BCUT2D eigenvalue weighted by Gasteiger charge is -2.27. The maximum absolute atomic E-state index is 14.2. The smallest absolute Gasteiger partial charge is 0.341 e. The lowest BCUT2D eigenvalue weighted by molar-refractivity contribution is -0.140. The monoisotopic (exact) mass is 416 g/mol. The summed E-state index contributed by atoms with van der Waals surface area (Å²) in [6, 6.07) is 3.46. The first kappa shape index (κ1) is 22.0. The molecular formula is C19H16F4O6. The van der Waals surface area contributed by atoms with Gasteiger partial charge in [0.1, 0.15) is 0 Å². The molecule has 2 N–H and O–H groups in total. The summed E-state index contributed by atoms with van der Waals surface area (Å²) in [6.07, 6.45) is 0. The van der Waals surface area contributed by atoms with Crippen LogP contribution >= 0.6 is 0 Å². The Balaban J connectivity index is 2.42. The molecule has 29 heavy (non-hydrogen) atoms. The SMILES string of the molecule is CC(C)(c1cc(F)c(OCC(=O)O)c(F)c1)c1cc(F)c(OCC(=O)O)c(F)c1. The molecule has 0 aliphatic carbocycles. The average molecular weight is 416 g/mol. The molecule has 2 aromatic rings. The van der Waals surface area contributed by atoms with Crippen LogP contribution in [0.3, 0.4) is 0 Å². The van der Waals surface area contributed by atoms with Gasteiger partial charge in [-0.1, -0.05) is 13.8 Å². The average Bonchev–Trinajstić information content (AvgIpc) is 2.59. The van der Waals surface area contributed by atoms with Crippen molar-refractivity contribution in [2.45, 2.75) is 19.3 Å². The third-order valence-corrected chi connectivity index (χ3v) is 4.12. The molecule has 0 amide bonds. The van der Waals surface area contributed by atoms with Crippen molar-refractivity contribution in [1.82, 2.24) is 0 Å². The molecule has 0 aliphatic rings. The number of aliphatic carboxylic acids is 2. The van der Waals surface area contributed by atoms with E-state index in [-0.39, 0.29) is 11.1 Å². The van der Waals surface area contributed by atoms with E-state index in [1.54, 1.807) is 0 Å². The first-order valence-electron chi connectivity index (χ1n) is 8.11. The van der Waals surface area contributed by atoms with Crippen molar-refractivity contribution in [2.24, 2.45) is 0 Å². The molecule has 0 heterocycles. The van der Waals surface area contributed by atoms with Crippen molar-refractivity contribution in [3.8, 4) is 11.5 Å². The molecule has 10 heteroatoms. The standard InChI is InChI=1S/C19H16F4O6/c1-19(2,9-3-11(20)17(12(21)4-9)28-7-15(24)25)10-5-13(22)18(14(23)6-10)29-8-16(26)27/h3-6H,7-8H2,1-2H3,(H,24,25)(H,26,27). The zero-order chi connectivity index (χ0) is 21.9. The van der Waals surface area contributed by atoms with Gasteiger partial charge in [0, 0.05) is 5.41 Å². The first-order valence-corrected chi connectivity index (χ1v) is 8.11. The molecule has 6 nitrogen and oxygen atoms in total. The Bertz CT molecular complexity index is 836. The highest BCUT2D eigenvalue weighted by atomic mass is 19.1. The molecule has 2 aromatic carbocycles. The Labute approximate surface area is 162 Å². The predicted octanol–water partition coefficient (Wildman–Crippen LogP) is 3.50. The van der Waals surface area contributed by atoms with Crippen LogP contribution in [-0.4, -0.2) is 35.4 Å². The number of rotatable bonds is 8. The molecule has 0 saturated carbocycles. The third-order valence-electron chi connectivity index (χ3n) is 4.12. The lowest BCUT2D eigenvalue weighted by atomic mass is 9.78. The molecular weight excluding hydrogens is 400 g/mol. The van der Waals surface area contributed by atoms with Gasteiger partial charge < -0.3 is 19.7 Å². The molecule has 0 saturated heterocycles. The summed E-state index contributed by atoms with van der Waals surface area (Å²) < 4.78 is 66.0. The largest absolute Gasteiger partial charge is 0.479 e. The fourth-order valence-corrected chi connectivity index (χ4v) is 2.55. The van der Waals surface area contributed by atoms with E-state index in [4.69, 9.17) is 10.2 Å². The van der Waals surface area contributed by atoms with Crippen LogP contribution in [0.15, 0.2) is 24.3 Å². The van der Waals surface area contributed by atoms with Crippen LogP contribution in [-0.2, 0) is 15.0 Å². The normalized spacial score (nSPS) is 11.2. The molecule has 0 aliphatic heterocycles. The van der Waals surface area contributed by atoms with Crippen molar-refractivity contribution in [3.05, 3.63) is 58.7 Å². The molecule has 2 rings (SSSR count). The molecule has 0 atom stereocenters. The van der Waals surface area contributed by atoms with Gasteiger partial charge in [0.2, 0.25) is 0 Å². The fraction of sp³-hybridized carbons (Fsp3) is 0.263. The van der Waals surface area contributed by atoms with E-state index in [1.165, 1.54) is 13.8 Å². The van der Waals surface area contributed by atoms with Gasteiger partial charge in [-0.15, -0.1) is 0 Å². The zero-order valence-corrected chi connectivity index (χ0v) is 15.3. The Morgan fingerprint density at radius 3 is 1.28 bits per heavy atom. The summed E-state index contributed by atoms with van der Waals surface area (Å²) in [7, 11) is 0. The van der Waals surface area contributed by atoms with Gasteiger partial charge in [0.15, 0.2) is 48.0 Å². The van der Waals surface area contributed by atoms with Crippen LogP contribution in [0.5, 0.6) is 11.5 Å². The van der Waals surface area contributed by atoms with Crippen LogP contribution in [0.25, 0.3) is 0 Å². The Morgan fingerprint density at radius 2 is 1.03 bits per heavy atom. The van der Waals surface area contributed by atoms with E-state index in [0.717, 1.165) is 24.3 Å². The number of carboxylic acid groups (broad SMARTS) is 2. The summed E-state index contributed by atoms with van der Waals surface area (Å²) >= 11 is 0. The molecule has 0 radical (unpaired) electrons. The van der Waals surface area contributed by atoms with Crippen molar-refractivity contribution in [2.75, 3.05) is 13.2 Å². The van der Waals surface area contributed by atoms with Gasteiger partial charge in [-0.25, -0.2) is 27.2 Å². The van der Waals surface area contributed by atoms with Crippen LogP contribution in [0.2, 0.25) is 0 Å². The van der Waals surface area contributed by atoms with E-state index in [2.05, 4.69) is 9.47 Å². The number of halogens is 4. The molecule has 0 spiro atoms. The maximum Gasteiger partial charge on any atom is 0.341 e. The summed E-state index contributed by atoms with van der Waals surface area (Å²) in [4.78, 5) is 21.0. The molecule has 156 valence electrons. The van der Waals surface area contributed by atoms with Crippen LogP contribution < -0.4 is 9.47 Å². The van der Waals surface area contributed by atoms with Crippen molar-refractivity contribution in [3.63, 3.8) is 0 Å². The lowest BCUT2D eigenvalue weighted by Crippen LogP contribution is -2.21.